The zero-order valence-electron chi connectivity index (χ0n) is 11.0. The van der Waals surface area contributed by atoms with Crippen molar-refractivity contribution < 1.29 is 14.7 Å². The Morgan fingerprint density at radius 1 is 1.35 bits per heavy atom. The van der Waals surface area contributed by atoms with Crippen molar-refractivity contribution in [2.45, 2.75) is 58.5 Å². The Labute approximate surface area is 103 Å². The van der Waals surface area contributed by atoms with Crippen molar-refractivity contribution in [3.05, 3.63) is 0 Å². The summed E-state index contributed by atoms with van der Waals surface area (Å²) in [5.74, 6) is -0.911. The largest absolute Gasteiger partial charge is 0.481 e. The van der Waals surface area contributed by atoms with E-state index in [1.54, 1.807) is 4.90 Å². The summed E-state index contributed by atoms with van der Waals surface area (Å²) in [6.45, 7) is 6.27. The second-order valence-electron chi connectivity index (χ2n) is 4.52. The SMILES string of the molecule is CCC[C@H](N)C(=O)N(CCCC(=O)O)C(C)C. The van der Waals surface area contributed by atoms with Crippen molar-refractivity contribution in [3.8, 4) is 0 Å². The van der Waals surface area contributed by atoms with E-state index in [1.165, 1.54) is 0 Å². The number of hydrogen-bond acceptors (Lipinski definition) is 3. The predicted octanol–water partition coefficient (Wildman–Crippen LogP) is 1.22. The summed E-state index contributed by atoms with van der Waals surface area (Å²) in [5.41, 5.74) is 5.79. The lowest BCUT2D eigenvalue weighted by Gasteiger charge is -2.29. The molecule has 1 amide bonds. The molecule has 0 aromatic rings. The van der Waals surface area contributed by atoms with Gasteiger partial charge in [-0.3, -0.25) is 9.59 Å². The summed E-state index contributed by atoms with van der Waals surface area (Å²) in [4.78, 5) is 24.1. The number of nitrogens with zero attached hydrogens (tertiary/aromatic N) is 1. The van der Waals surface area contributed by atoms with Crippen LogP contribution in [0.3, 0.4) is 0 Å². The molecule has 0 aliphatic carbocycles. The number of hydrogen-bond donors (Lipinski definition) is 2. The Hall–Kier alpha value is -1.10. The van der Waals surface area contributed by atoms with Crippen LogP contribution in [0.2, 0.25) is 0 Å². The fraction of sp³-hybridized carbons (Fsp3) is 0.833. The molecule has 0 bridgehead atoms. The van der Waals surface area contributed by atoms with E-state index in [0.717, 1.165) is 6.42 Å². The molecule has 5 heteroatoms. The van der Waals surface area contributed by atoms with Gasteiger partial charge in [-0.1, -0.05) is 13.3 Å². The zero-order valence-corrected chi connectivity index (χ0v) is 11.0. The Morgan fingerprint density at radius 3 is 2.35 bits per heavy atom. The molecule has 0 radical (unpaired) electrons. The highest BCUT2D eigenvalue weighted by Crippen LogP contribution is 2.07. The van der Waals surface area contributed by atoms with Gasteiger partial charge in [0.1, 0.15) is 0 Å². The molecule has 100 valence electrons. The topological polar surface area (TPSA) is 83.6 Å². The van der Waals surface area contributed by atoms with Crippen molar-refractivity contribution in [1.29, 1.82) is 0 Å². The highest BCUT2D eigenvalue weighted by Gasteiger charge is 2.22. The molecule has 1 atom stereocenters. The second kappa shape index (κ2) is 8.06. The van der Waals surface area contributed by atoms with Gasteiger partial charge in [0.25, 0.3) is 0 Å². The fourth-order valence-electron chi connectivity index (χ4n) is 1.67. The van der Waals surface area contributed by atoms with Crippen LogP contribution < -0.4 is 5.73 Å². The van der Waals surface area contributed by atoms with Gasteiger partial charge in [0, 0.05) is 19.0 Å². The van der Waals surface area contributed by atoms with Crippen LogP contribution in [0.5, 0.6) is 0 Å². The van der Waals surface area contributed by atoms with Gasteiger partial charge >= 0.3 is 5.97 Å². The summed E-state index contributed by atoms with van der Waals surface area (Å²) >= 11 is 0. The van der Waals surface area contributed by atoms with Gasteiger partial charge in [-0.15, -0.1) is 0 Å². The number of nitrogens with two attached hydrogens (primary N) is 1. The zero-order chi connectivity index (χ0) is 13.4. The van der Waals surface area contributed by atoms with Crippen LogP contribution in [0.15, 0.2) is 0 Å². The Morgan fingerprint density at radius 2 is 1.94 bits per heavy atom. The maximum absolute atomic E-state index is 12.0. The van der Waals surface area contributed by atoms with Crippen LogP contribution in [0.4, 0.5) is 0 Å². The first kappa shape index (κ1) is 15.9. The lowest BCUT2D eigenvalue weighted by molar-refractivity contribution is -0.139. The molecule has 5 nitrogen and oxygen atoms in total. The standard InChI is InChI=1S/C12H24N2O3/c1-4-6-10(13)12(17)14(9(2)3)8-5-7-11(15)16/h9-10H,4-8,13H2,1-3H3,(H,15,16)/t10-/m0/s1. The van der Waals surface area contributed by atoms with Crippen LogP contribution in [0.25, 0.3) is 0 Å². The molecule has 0 heterocycles. The van der Waals surface area contributed by atoms with Crippen LogP contribution in [-0.4, -0.2) is 40.5 Å². The van der Waals surface area contributed by atoms with Gasteiger partial charge in [-0.25, -0.2) is 0 Å². The fourth-order valence-corrected chi connectivity index (χ4v) is 1.67. The third kappa shape index (κ3) is 6.26. The van der Waals surface area contributed by atoms with Crippen LogP contribution >= 0.6 is 0 Å². The summed E-state index contributed by atoms with van der Waals surface area (Å²) in [5, 5.41) is 8.57. The van der Waals surface area contributed by atoms with E-state index in [-0.39, 0.29) is 18.4 Å². The van der Waals surface area contributed by atoms with Gasteiger partial charge in [0.05, 0.1) is 6.04 Å². The average molecular weight is 244 g/mol. The highest BCUT2D eigenvalue weighted by molar-refractivity contribution is 5.81. The molecule has 0 saturated heterocycles. The third-order valence-corrected chi connectivity index (χ3v) is 2.61. The molecule has 0 aliphatic heterocycles. The summed E-state index contributed by atoms with van der Waals surface area (Å²) in [7, 11) is 0. The second-order valence-corrected chi connectivity index (χ2v) is 4.52. The van der Waals surface area contributed by atoms with Crippen molar-refractivity contribution in [1.82, 2.24) is 4.90 Å². The summed E-state index contributed by atoms with van der Waals surface area (Å²) in [6, 6.07) is -0.411. The molecule has 0 rings (SSSR count). The summed E-state index contributed by atoms with van der Waals surface area (Å²) in [6.07, 6.45) is 2.09. The molecule has 0 aliphatic rings. The highest BCUT2D eigenvalue weighted by atomic mass is 16.4. The number of carboxylic acids is 1. The van der Waals surface area contributed by atoms with E-state index >= 15 is 0 Å². The maximum atomic E-state index is 12.0. The first-order valence-corrected chi connectivity index (χ1v) is 6.18. The Balaban J connectivity index is 4.31. The molecule has 0 aromatic carbocycles. The van der Waals surface area contributed by atoms with Crippen LogP contribution in [-0.2, 0) is 9.59 Å². The van der Waals surface area contributed by atoms with Gasteiger partial charge in [-0.2, -0.15) is 0 Å². The van der Waals surface area contributed by atoms with Crippen LogP contribution in [0.1, 0.15) is 46.5 Å². The number of carbonyl (C=O) groups excluding carboxylic acids is 1. The van der Waals surface area contributed by atoms with Crippen molar-refractivity contribution in [2.24, 2.45) is 5.73 Å². The van der Waals surface area contributed by atoms with E-state index in [1.807, 2.05) is 20.8 Å². The molecule has 17 heavy (non-hydrogen) atoms. The molecule has 0 saturated carbocycles. The molecule has 0 fully saturated rings. The normalized spacial score (nSPS) is 12.5. The van der Waals surface area contributed by atoms with E-state index in [4.69, 9.17) is 10.8 Å². The van der Waals surface area contributed by atoms with Gasteiger partial charge in [0.2, 0.25) is 5.91 Å². The first-order chi connectivity index (χ1) is 7.90. The minimum atomic E-state index is -0.834. The first-order valence-electron chi connectivity index (χ1n) is 6.18. The molecular weight excluding hydrogens is 220 g/mol. The number of aliphatic carboxylic acids is 1. The van der Waals surface area contributed by atoms with E-state index in [0.29, 0.717) is 19.4 Å². The lowest BCUT2D eigenvalue weighted by Crippen LogP contribution is -2.47. The monoisotopic (exact) mass is 244 g/mol. The van der Waals surface area contributed by atoms with Crippen LogP contribution in [0, 0.1) is 0 Å². The average Bonchev–Trinajstić information content (AvgIpc) is 2.23. The molecular formula is C12H24N2O3. The number of rotatable bonds is 8. The quantitative estimate of drug-likeness (QED) is 0.672. The van der Waals surface area contributed by atoms with Gasteiger partial charge in [-0.05, 0) is 26.7 Å². The minimum absolute atomic E-state index is 0.0548. The Bertz CT molecular complexity index is 254. The third-order valence-electron chi connectivity index (χ3n) is 2.61. The molecule has 0 spiro atoms. The van der Waals surface area contributed by atoms with E-state index < -0.39 is 12.0 Å². The number of carbonyl (C=O) groups is 2. The van der Waals surface area contributed by atoms with Crippen molar-refractivity contribution in [3.63, 3.8) is 0 Å². The van der Waals surface area contributed by atoms with Crippen molar-refractivity contribution in [2.75, 3.05) is 6.54 Å². The molecule has 0 unspecified atom stereocenters. The molecule has 3 N–H and O–H groups in total. The molecule has 0 aromatic heterocycles. The maximum Gasteiger partial charge on any atom is 0.303 e. The number of carboxylic acid groups (broad SMARTS) is 1. The number of amides is 1. The van der Waals surface area contributed by atoms with E-state index in [2.05, 4.69) is 0 Å². The predicted molar refractivity (Wildman–Crippen MR) is 66.6 cm³/mol. The Kier molecular flexibility index (Phi) is 7.54. The smallest absolute Gasteiger partial charge is 0.303 e. The minimum Gasteiger partial charge on any atom is -0.481 e. The van der Waals surface area contributed by atoms with Crippen molar-refractivity contribution >= 4 is 11.9 Å². The lowest BCUT2D eigenvalue weighted by atomic mass is 10.1. The summed E-state index contributed by atoms with van der Waals surface area (Å²) < 4.78 is 0. The van der Waals surface area contributed by atoms with Gasteiger partial charge in [0.15, 0.2) is 0 Å². The van der Waals surface area contributed by atoms with E-state index in [9.17, 15) is 9.59 Å². The van der Waals surface area contributed by atoms with Gasteiger partial charge < -0.3 is 15.7 Å².